The highest BCUT2D eigenvalue weighted by molar-refractivity contribution is 5.86. The second-order valence-corrected chi connectivity index (χ2v) is 8.08. The van der Waals surface area contributed by atoms with E-state index in [1.54, 1.807) is 6.20 Å². The molecular formula is C24H25N7. The minimum absolute atomic E-state index is 0.703. The van der Waals surface area contributed by atoms with Gasteiger partial charge in [-0.1, -0.05) is 12.1 Å². The summed E-state index contributed by atoms with van der Waals surface area (Å²) in [5.41, 5.74) is 5.45. The van der Waals surface area contributed by atoms with Gasteiger partial charge in [0.1, 0.15) is 5.82 Å². The molecule has 31 heavy (non-hydrogen) atoms. The van der Waals surface area contributed by atoms with Gasteiger partial charge in [0.05, 0.1) is 11.7 Å². The molecule has 2 N–H and O–H groups in total. The third-order valence-corrected chi connectivity index (χ3v) is 5.51. The van der Waals surface area contributed by atoms with E-state index in [1.807, 2.05) is 30.5 Å². The maximum atomic E-state index is 4.76. The number of nitrogens with one attached hydrogen (secondary N) is 2. The molecule has 0 unspecified atom stereocenters. The second-order valence-electron chi connectivity index (χ2n) is 8.08. The molecule has 0 bridgehead atoms. The number of hydrogen-bond donors (Lipinski definition) is 2. The fourth-order valence-electron chi connectivity index (χ4n) is 3.86. The van der Waals surface area contributed by atoms with Gasteiger partial charge in [0.25, 0.3) is 0 Å². The molecule has 2 aromatic carbocycles. The number of anilines is 2. The van der Waals surface area contributed by atoms with Gasteiger partial charge in [-0.25, -0.2) is 9.97 Å². The number of aromatic nitrogens is 5. The highest BCUT2D eigenvalue weighted by Crippen LogP contribution is 2.26. The number of aromatic amines is 1. The molecule has 0 fully saturated rings. The molecule has 0 aliphatic rings. The highest BCUT2D eigenvalue weighted by atomic mass is 15.1. The zero-order valence-electron chi connectivity index (χ0n) is 17.9. The van der Waals surface area contributed by atoms with Crippen LogP contribution in [0.2, 0.25) is 0 Å². The van der Waals surface area contributed by atoms with E-state index in [1.165, 1.54) is 16.6 Å². The molecule has 0 aliphatic heterocycles. The van der Waals surface area contributed by atoms with Crippen LogP contribution < -0.4 is 5.32 Å². The van der Waals surface area contributed by atoms with Crippen molar-refractivity contribution in [3.05, 3.63) is 66.6 Å². The first kappa shape index (κ1) is 19.3. The number of benzene rings is 2. The average Bonchev–Trinajstić information content (AvgIpc) is 3.35. The Balaban J connectivity index is 1.46. The molecular weight excluding hydrogens is 386 g/mol. The van der Waals surface area contributed by atoms with Crippen molar-refractivity contribution < 1.29 is 0 Å². The Morgan fingerprint density at radius 3 is 2.81 bits per heavy atom. The van der Waals surface area contributed by atoms with Crippen molar-refractivity contribution in [1.82, 2.24) is 29.6 Å². The van der Waals surface area contributed by atoms with Crippen LogP contribution in [0.25, 0.3) is 33.2 Å². The lowest BCUT2D eigenvalue weighted by atomic mass is 10.1. The van der Waals surface area contributed by atoms with Gasteiger partial charge >= 0.3 is 0 Å². The Morgan fingerprint density at radius 1 is 1.03 bits per heavy atom. The molecule has 0 aliphatic carbocycles. The summed E-state index contributed by atoms with van der Waals surface area (Å²) in [6, 6.07) is 16.6. The molecule has 3 aromatic heterocycles. The predicted octanol–water partition coefficient (Wildman–Crippen LogP) is 4.59. The number of hydrogen-bond acceptors (Lipinski definition) is 5. The fraction of sp³-hybridized carbons (Fsp3) is 0.208. The number of likely N-dealkylation sites (N-methyl/N-ethyl adjacent to an activating group) is 1. The summed E-state index contributed by atoms with van der Waals surface area (Å²) in [5, 5.41) is 12.7. The summed E-state index contributed by atoms with van der Waals surface area (Å²) < 4.78 is 2.36. The van der Waals surface area contributed by atoms with Gasteiger partial charge in [-0.3, -0.25) is 5.10 Å². The minimum atomic E-state index is 0.703. The Kier molecular flexibility index (Phi) is 4.88. The lowest BCUT2D eigenvalue weighted by molar-refractivity contribution is 0.385. The van der Waals surface area contributed by atoms with Crippen LogP contribution in [-0.4, -0.2) is 50.3 Å². The fourth-order valence-corrected chi connectivity index (χ4v) is 3.86. The largest absolute Gasteiger partial charge is 0.344 e. The van der Waals surface area contributed by atoms with Crippen molar-refractivity contribution >= 4 is 33.3 Å². The van der Waals surface area contributed by atoms with E-state index >= 15 is 0 Å². The third kappa shape index (κ3) is 3.87. The van der Waals surface area contributed by atoms with Crippen LogP contribution in [0.5, 0.6) is 0 Å². The number of rotatable bonds is 6. The summed E-state index contributed by atoms with van der Waals surface area (Å²) in [6.45, 7) is 4.10. The minimum Gasteiger partial charge on any atom is -0.344 e. The van der Waals surface area contributed by atoms with Crippen molar-refractivity contribution in [2.24, 2.45) is 0 Å². The molecule has 0 radical (unpaired) electrons. The maximum Gasteiger partial charge on any atom is 0.161 e. The van der Waals surface area contributed by atoms with Gasteiger partial charge in [-0.15, -0.1) is 0 Å². The summed E-state index contributed by atoms with van der Waals surface area (Å²) in [6.07, 6.45) is 3.61. The van der Waals surface area contributed by atoms with Gasteiger partial charge in [-0.2, -0.15) is 5.10 Å². The van der Waals surface area contributed by atoms with Crippen LogP contribution in [0.1, 0.15) is 5.69 Å². The topological polar surface area (TPSA) is 74.7 Å². The Labute approximate surface area is 180 Å². The van der Waals surface area contributed by atoms with Crippen molar-refractivity contribution in [1.29, 1.82) is 0 Å². The lowest BCUT2D eigenvalue weighted by Gasteiger charge is -2.13. The van der Waals surface area contributed by atoms with Crippen molar-refractivity contribution in [2.75, 3.05) is 26.0 Å². The first-order chi connectivity index (χ1) is 15.1. The Hall–Kier alpha value is -3.71. The molecule has 3 heterocycles. The van der Waals surface area contributed by atoms with Crippen LogP contribution in [0.15, 0.2) is 60.9 Å². The smallest absolute Gasteiger partial charge is 0.161 e. The van der Waals surface area contributed by atoms with Gasteiger partial charge < -0.3 is 14.8 Å². The van der Waals surface area contributed by atoms with E-state index in [9.17, 15) is 0 Å². The monoisotopic (exact) mass is 411 g/mol. The number of aryl methyl sites for hydroxylation is 1. The summed E-state index contributed by atoms with van der Waals surface area (Å²) in [5.74, 6) is 1.46. The van der Waals surface area contributed by atoms with Gasteiger partial charge in [0.2, 0.25) is 0 Å². The molecule has 0 atom stereocenters. The molecule has 7 nitrogen and oxygen atoms in total. The highest BCUT2D eigenvalue weighted by Gasteiger charge is 2.10. The van der Waals surface area contributed by atoms with Crippen LogP contribution in [0.4, 0.5) is 11.5 Å². The summed E-state index contributed by atoms with van der Waals surface area (Å²) in [7, 11) is 4.20. The average molecular weight is 412 g/mol. The SMILES string of the molecule is Cc1cc2ccc(-c3nccc(Nc4ccc5[nH]ncc5c4)n3)cc2n1CCN(C)C. The number of nitrogens with zero attached hydrogens (tertiary/aromatic N) is 5. The standard InChI is InChI=1S/C24H25N7/c1-16-12-17-4-5-18(14-22(17)31(16)11-10-30(2)3)24-25-9-8-23(28-24)27-20-6-7-21-19(13-20)15-26-29-21/h4-9,12-15H,10-11H2,1-3H3,(H,26,29)(H,25,27,28). The number of fused-ring (bicyclic) bond motifs is 2. The Bertz CT molecular complexity index is 1360. The van der Waals surface area contributed by atoms with E-state index in [4.69, 9.17) is 4.98 Å². The van der Waals surface area contributed by atoms with Crippen molar-refractivity contribution in [2.45, 2.75) is 13.5 Å². The molecule has 0 saturated carbocycles. The quantitative estimate of drug-likeness (QED) is 0.428. The first-order valence-corrected chi connectivity index (χ1v) is 10.3. The summed E-state index contributed by atoms with van der Waals surface area (Å²) in [4.78, 5) is 11.5. The van der Waals surface area contributed by atoms with E-state index in [0.29, 0.717) is 5.82 Å². The molecule has 5 aromatic rings. The zero-order valence-corrected chi connectivity index (χ0v) is 17.9. The molecule has 156 valence electrons. The van der Waals surface area contributed by atoms with Crippen LogP contribution >= 0.6 is 0 Å². The van der Waals surface area contributed by atoms with Crippen molar-refractivity contribution in [3.8, 4) is 11.4 Å². The lowest BCUT2D eigenvalue weighted by Crippen LogP contribution is -2.18. The van der Waals surface area contributed by atoms with E-state index in [-0.39, 0.29) is 0 Å². The third-order valence-electron chi connectivity index (χ3n) is 5.51. The molecule has 7 heteroatoms. The number of H-pyrrole nitrogens is 1. The van der Waals surface area contributed by atoms with Crippen LogP contribution in [0.3, 0.4) is 0 Å². The summed E-state index contributed by atoms with van der Waals surface area (Å²) >= 11 is 0. The van der Waals surface area contributed by atoms with Gasteiger partial charge in [0.15, 0.2) is 5.82 Å². The maximum absolute atomic E-state index is 4.76. The normalized spacial score (nSPS) is 11.6. The van der Waals surface area contributed by atoms with Crippen LogP contribution in [0, 0.1) is 6.92 Å². The van der Waals surface area contributed by atoms with Gasteiger partial charge in [0, 0.05) is 47.1 Å². The molecule has 0 spiro atoms. The van der Waals surface area contributed by atoms with E-state index in [2.05, 4.69) is 75.2 Å². The Morgan fingerprint density at radius 2 is 1.94 bits per heavy atom. The zero-order chi connectivity index (χ0) is 21.4. The van der Waals surface area contributed by atoms with Crippen LogP contribution in [-0.2, 0) is 6.54 Å². The predicted molar refractivity (Wildman–Crippen MR) is 126 cm³/mol. The molecule has 5 rings (SSSR count). The van der Waals surface area contributed by atoms with E-state index < -0.39 is 0 Å². The van der Waals surface area contributed by atoms with E-state index in [0.717, 1.165) is 41.1 Å². The second kappa shape index (κ2) is 7.85. The molecule has 0 amide bonds. The first-order valence-electron chi connectivity index (χ1n) is 10.3. The van der Waals surface area contributed by atoms with Crippen molar-refractivity contribution in [3.63, 3.8) is 0 Å². The molecule has 0 saturated heterocycles. The van der Waals surface area contributed by atoms with Gasteiger partial charge in [-0.05, 0) is 62.8 Å².